The van der Waals surface area contributed by atoms with Crippen LogP contribution in [0.1, 0.15) is 31.2 Å². The fraction of sp³-hybridized carbons (Fsp3) is 0.393. The number of nitrogens with zero attached hydrogens (tertiary/aromatic N) is 3. The first-order chi connectivity index (χ1) is 18.3. The summed E-state index contributed by atoms with van der Waals surface area (Å²) in [7, 11) is 2.22. The second-order valence-corrected chi connectivity index (χ2v) is 11.1. The van der Waals surface area contributed by atoms with Gasteiger partial charge >= 0.3 is 11.9 Å². The second kappa shape index (κ2) is 15.6. The summed E-state index contributed by atoms with van der Waals surface area (Å²) in [6.45, 7) is 3.53. The highest BCUT2D eigenvalue weighted by atomic mass is 32.2. The molecule has 0 saturated carbocycles. The van der Waals surface area contributed by atoms with Crippen LogP contribution >= 0.6 is 23.5 Å². The number of carboxylic acid groups (broad SMARTS) is 2. The summed E-state index contributed by atoms with van der Waals surface area (Å²) >= 11 is 3.69. The molecule has 2 aliphatic rings. The Morgan fingerprint density at radius 1 is 1.08 bits per heavy atom. The quantitative estimate of drug-likeness (QED) is 0.228. The summed E-state index contributed by atoms with van der Waals surface area (Å²) in [5.41, 5.74) is 2.47. The van der Waals surface area contributed by atoms with Crippen LogP contribution in [0.15, 0.2) is 70.6 Å². The van der Waals surface area contributed by atoms with Crippen LogP contribution in [-0.2, 0) is 15.3 Å². The molecule has 2 N–H and O–H groups in total. The molecule has 2 aromatic rings. The first kappa shape index (κ1) is 29.7. The maximum atomic E-state index is 13.0. The van der Waals surface area contributed by atoms with Gasteiger partial charge in [-0.2, -0.15) is 0 Å². The molecule has 2 heterocycles. The van der Waals surface area contributed by atoms with Crippen LogP contribution in [0.25, 0.3) is 0 Å². The van der Waals surface area contributed by atoms with E-state index in [1.165, 1.54) is 56.0 Å². The lowest BCUT2D eigenvalue weighted by atomic mass is 10.0. The summed E-state index contributed by atoms with van der Waals surface area (Å²) in [5, 5.41) is 16.8. The molecule has 0 atom stereocenters. The number of aliphatic imine (C=N–C) groups is 1. The Balaban J connectivity index is 0.000000436. The van der Waals surface area contributed by atoms with Gasteiger partial charge in [0.25, 0.3) is 0 Å². The zero-order valence-corrected chi connectivity index (χ0v) is 23.1. The normalized spacial score (nSPS) is 15.8. The molecule has 0 spiro atoms. The minimum atomic E-state index is -1.26. The highest BCUT2D eigenvalue weighted by Crippen LogP contribution is 2.33. The van der Waals surface area contributed by atoms with Gasteiger partial charge in [0, 0.05) is 49.0 Å². The minimum Gasteiger partial charge on any atom is -0.478 e. The van der Waals surface area contributed by atoms with Gasteiger partial charge in [-0.1, -0.05) is 30.0 Å². The SMILES string of the molecule is CN(C1=Nc2ccccc2CS1)C1CCN(CCCCSc2ccc(F)cc2)CC1.O=C(O)C=CC(=O)O. The lowest BCUT2D eigenvalue weighted by molar-refractivity contribution is -0.134. The van der Waals surface area contributed by atoms with Gasteiger partial charge in [-0.25, -0.2) is 19.0 Å². The standard InChI is InChI=1S/C24H30FN3S2.C4H4O4/c1-27(24-26-23-7-3-2-6-19(23)18-30-24)21-12-15-28(16-13-21)14-4-5-17-29-22-10-8-20(25)9-11-22;5-3(6)1-2-4(7)8/h2-3,6-11,21H,4-5,12-18H2,1H3;1-2H,(H,5,6)(H,7,8). The Labute approximate surface area is 231 Å². The predicted octanol–water partition coefficient (Wildman–Crippen LogP) is 5.74. The molecule has 1 saturated heterocycles. The highest BCUT2D eigenvalue weighted by Gasteiger charge is 2.26. The Kier molecular flexibility index (Phi) is 12.2. The molecule has 2 aliphatic heterocycles. The lowest BCUT2D eigenvalue weighted by Crippen LogP contribution is -2.45. The average molecular weight is 560 g/mol. The Morgan fingerprint density at radius 2 is 1.74 bits per heavy atom. The fourth-order valence-corrected chi connectivity index (χ4v) is 6.14. The van der Waals surface area contributed by atoms with E-state index in [9.17, 15) is 14.0 Å². The van der Waals surface area contributed by atoms with E-state index < -0.39 is 11.9 Å². The van der Waals surface area contributed by atoms with Gasteiger partial charge < -0.3 is 20.0 Å². The van der Waals surface area contributed by atoms with E-state index in [4.69, 9.17) is 15.2 Å². The van der Waals surface area contributed by atoms with Crippen LogP contribution in [0.2, 0.25) is 0 Å². The third kappa shape index (κ3) is 10.2. The Hall–Kier alpha value is -2.82. The molecule has 0 bridgehead atoms. The summed E-state index contributed by atoms with van der Waals surface area (Å²) in [4.78, 5) is 30.2. The van der Waals surface area contributed by atoms with E-state index in [-0.39, 0.29) is 5.82 Å². The number of carbonyl (C=O) groups is 2. The van der Waals surface area contributed by atoms with Crippen molar-refractivity contribution in [3.8, 4) is 0 Å². The molecule has 4 rings (SSSR count). The number of benzene rings is 2. The maximum absolute atomic E-state index is 13.0. The van der Waals surface area contributed by atoms with Crippen molar-refractivity contribution in [1.29, 1.82) is 0 Å². The third-order valence-corrected chi connectivity index (χ3v) is 8.48. The number of rotatable bonds is 9. The first-order valence-electron chi connectivity index (χ1n) is 12.6. The molecule has 1 fully saturated rings. The number of fused-ring (bicyclic) bond motifs is 1. The van der Waals surface area contributed by atoms with E-state index in [1.807, 2.05) is 35.7 Å². The summed E-state index contributed by atoms with van der Waals surface area (Å²) in [6.07, 6.45) is 5.97. The number of likely N-dealkylation sites (tertiary alicyclic amines) is 1. The minimum absolute atomic E-state index is 0.160. The fourth-order valence-electron chi connectivity index (χ4n) is 4.19. The molecule has 7 nitrogen and oxygen atoms in total. The molecular formula is C28H34FN3O4S2. The first-order valence-corrected chi connectivity index (χ1v) is 14.6. The van der Waals surface area contributed by atoms with E-state index in [0.717, 1.165) is 22.1 Å². The lowest BCUT2D eigenvalue weighted by Gasteiger charge is -2.38. The second-order valence-electron chi connectivity index (χ2n) is 9.01. The molecule has 0 aromatic heterocycles. The summed E-state index contributed by atoms with van der Waals surface area (Å²) < 4.78 is 13.0. The van der Waals surface area contributed by atoms with E-state index in [0.29, 0.717) is 18.2 Å². The maximum Gasteiger partial charge on any atom is 0.328 e. The molecule has 0 unspecified atom stereocenters. The number of hydrogen-bond donors (Lipinski definition) is 2. The summed E-state index contributed by atoms with van der Waals surface area (Å²) in [6, 6.07) is 15.9. The Morgan fingerprint density at radius 3 is 2.39 bits per heavy atom. The zero-order chi connectivity index (χ0) is 27.3. The number of para-hydroxylation sites is 1. The van der Waals surface area contributed by atoms with Crippen LogP contribution < -0.4 is 0 Å². The van der Waals surface area contributed by atoms with Crippen molar-refractivity contribution in [2.24, 2.45) is 4.99 Å². The van der Waals surface area contributed by atoms with Gasteiger partial charge in [0.1, 0.15) is 5.82 Å². The van der Waals surface area contributed by atoms with E-state index in [1.54, 1.807) is 12.1 Å². The van der Waals surface area contributed by atoms with Gasteiger partial charge in [-0.3, -0.25) is 0 Å². The van der Waals surface area contributed by atoms with E-state index >= 15 is 0 Å². The van der Waals surface area contributed by atoms with E-state index in [2.05, 4.69) is 41.1 Å². The van der Waals surface area contributed by atoms with Crippen molar-refractivity contribution >= 4 is 46.3 Å². The van der Waals surface area contributed by atoms with Gasteiger partial charge in [-0.15, -0.1) is 11.8 Å². The number of carboxylic acids is 2. The molecule has 2 aromatic carbocycles. The predicted molar refractivity (Wildman–Crippen MR) is 153 cm³/mol. The van der Waals surface area contributed by atoms with Crippen molar-refractivity contribution in [2.75, 3.05) is 32.4 Å². The number of piperidine rings is 1. The molecular weight excluding hydrogens is 525 g/mol. The van der Waals surface area contributed by atoms with Crippen LogP contribution in [0.3, 0.4) is 0 Å². The van der Waals surface area contributed by atoms with Crippen LogP contribution in [0.4, 0.5) is 10.1 Å². The average Bonchev–Trinajstić information content (AvgIpc) is 2.93. The number of amidine groups is 1. The zero-order valence-electron chi connectivity index (χ0n) is 21.5. The Bertz CT molecular complexity index is 1100. The van der Waals surface area contributed by atoms with Crippen molar-refractivity contribution in [2.45, 2.75) is 42.4 Å². The molecule has 0 radical (unpaired) electrons. The monoisotopic (exact) mass is 559 g/mol. The van der Waals surface area contributed by atoms with Crippen LogP contribution in [-0.4, -0.2) is 75.6 Å². The summed E-state index contributed by atoms with van der Waals surface area (Å²) in [5.74, 6) is -0.551. The highest BCUT2D eigenvalue weighted by molar-refractivity contribution is 8.13. The smallest absolute Gasteiger partial charge is 0.328 e. The van der Waals surface area contributed by atoms with Gasteiger partial charge in [-0.05, 0) is 73.9 Å². The third-order valence-electron chi connectivity index (χ3n) is 6.29. The topological polar surface area (TPSA) is 93.4 Å². The number of unbranched alkanes of at least 4 members (excludes halogenated alkanes) is 1. The molecule has 10 heteroatoms. The molecule has 0 amide bonds. The van der Waals surface area contributed by atoms with Gasteiger partial charge in [0.05, 0.1) is 5.69 Å². The van der Waals surface area contributed by atoms with Crippen LogP contribution in [0.5, 0.6) is 0 Å². The van der Waals surface area contributed by atoms with Crippen LogP contribution in [0, 0.1) is 5.82 Å². The van der Waals surface area contributed by atoms with Gasteiger partial charge in [0.2, 0.25) is 0 Å². The number of thioether (sulfide) groups is 2. The van der Waals surface area contributed by atoms with Crippen molar-refractivity contribution < 1.29 is 24.2 Å². The van der Waals surface area contributed by atoms with Gasteiger partial charge in [0.15, 0.2) is 5.17 Å². The molecule has 38 heavy (non-hydrogen) atoms. The largest absolute Gasteiger partial charge is 0.478 e. The number of aliphatic carboxylic acids is 2. The molecule has 0 aliphatic carbocycles. The van der Waals surface area contributed by atoms with Crippen molar-refractivity contribution in [1.82, 2.24) is 9.80 Å². The van der Waals surface area contributed by atoms with Crippen molar-refractivity contribution in [3.63, 3.8) is 0 Å². The van der Waals surface area contributed by atoms with Crippen molar-refractivity contribution in [3.05, 3.63) is 72.1 Å². The number of hydrogen-bond acceptors (Lipinski definition) is 7. The number of halogens is 1. The molecule has 204 valence electrons.